The van der Waals surface area contributed by atoms with Crippen molar-refractivity contribution >= 4 is 0 Å². The highest BCUT2D eigenvalue weighted by Crippen LogP contribution is 2.42. The molecule has 0 aromatic rings. The number of nitrogens with zero attached hydrogens (tertiary/aromatic N) is 1. The summed E-state index contributed by atoms with van der Waals surface area (Å²) in [5.74, 6) is 2.88. The van der Waals surface area contributed by atoms with Crippen molar-refractivity contribution < 1.29 is 5.11 Å². The second-order valence-corrected chi connectivity index (χ2v) is 7.91. The summed E-state index contributed by atoms with van der Waals surface area (Å²) in [7, 11) is 0. The minimum atomic E-state index is -0.365. The van der Waals surface area contributed by atoms with Crippen molar-refractivity contribution in [1.82, 2.24) is 4.90 Å². The van der Waals surface area contributed by atoms with Crippen LogP contribution in [0.25, 0.3) is 0 Å². The average Bonchev–Trinajstić information content (AvgIpc) is 2.30. The van der Waals surface area contributed by atoms with Crippen LogP contribution in [0.1, 0.15) is 59.8 Å². The Morgan fingerprint density at radius 3 is 2.05 bits per heavy atom. The monoisotopic (exact) mass is 267 g/mol. The molecule has 0 bridgehead atoms. The quantitative estimate of drug-likeness (QED) is 0.845. The van der Waals surface area contributed by atoms with Gasteiger partial charge in [-0.05, 0) is 55.8 Å². The van der Waals surface area contributed by atoms with E-state index in [1.165, 1.54) is 25.8 Å². The van der Waals surface area contributed by atoms with Crippen LogP contribution >= 0.6 is 0 Å². The van der Waals surface area contributed by atoms with E-state index in [2.05, 4.69) is 32.6 Å². The molecule has 0 aromatic heterocycles. The molecule has 0 amide bonds. The molecule has 1 aliphatic heterocycles. The molecule has 2 unspecified atom stereocenters. The van der Waals surface area contributed by atoms with Gasteiger partial charge in [-0.15, -0.1) is 0 Å². The van der Waals surface area contributed by atoms with E-state index in [-0.39, 0.29) is 5.60 Å². The third-order valence-corrected chi connectivity index (χ3v) is 5.28. The lowest BCUT2D eigenvalue weighted by Gasteiger charge is -2.47. The largest absolute Gasteiger partial charge is 0.390 e. The van der Waals surface area contributed by atoms with Gasteiger partial charge in [-0.2, -0.15) is 0 Å². The lowest BCUT2D eigenvalue weighted by molar-refractivity contribution is -0.0892. The van der Waals surface area contributed by atoms with Gasteiger partial charge in [0, 0.05) is 19.6 Å². The van der Waals surface area contributed by atoms with Crippen LogP contribution in [0.15, 0.2) is 0 Å². The Morgan fingerprint density at radius 1 is 1.05 bits per heavy atom. The maximum Gasteiger partial charge on any atom is 0.0700 e. The van der Waals surface area contributed by atoms with Crippen LogP contribution in [-0.4, -0.2) is 35.2 Å². The summed E-state index contributed by atoms with van der Waals surface area (Å²) in [6, 6.07) is 0. The van der Waals surface area contributed by atoms with Crippen molar-refractivity contribution in [2.24, 2.45) is 23.7 Å². The van der Waals surface area contributed by atoms with Crippen molar-refractivity contribution in [3.05, 3.63) is 0 Å². The molecule has 2 aliphatic rings. The minimum absolute atomic E-state index is 0.365. The minimum Gasteiger partial charge on any atom is -0.390 e. The molecule has 0 spiro atoms. The number of hydrogen-bond acceptors (Lipinski definition) is 2. The molecule has 0 radical (unpaired) electrons. The van der Waals surface area contributed by atoms with E-state index in [0.29, 0.717) is 5.92 Å². The predicted molar refractivity (Wildman–Crippen MR) is 81.1 cm³/mol. The molecule has 1 saturated heterocycles. The van der Waals surface area contributed by atoms with Crippen molar-refractivity contribution in [3.63, 3.8) is 0 Å². The molecule has 2 atom stereocenters. The Morgan fingerprint density at radius 2 is 1.58 bits per heavy atom. The molecule has 2 fully saturated rings. The SMILES string of the molecule is CC(C)CN1CCC(O)(C2CC(C)CC(C)C2)CC1. The Bertz CT molecular complexity index is 271. The Hall–Kier alpha value is -0.0800. The normalized spacial score (nSPS) is 36.6. The lowest BCUT2D eigenvalue weighted by atomic mass is 9.67. The fourth-order valence-corrected chi connectivity index (χ4v) is 4.43. The van der Waals surface area contributed by atoms with E-state index in [1.807, 2.05) is 0 Å². The standard InChI is InChI=1S/C17H33NO/c1-13(2)12-18-7-5-17(19,6-8-18)16-10-14(3)9-15(4)11-16/h13-16,19H,5-12H2,1-4H3. The summed E-state index contributed by atoms with van der Waals surface area (Å²) in [6.07, 6.45) is 5.82. The van der Waals surface area contributed by atoms with E-state index in [1.54, 1.807) is 0 Å². The zero-order chi connectivity index (χ0) is 14.0. The van der Waals surface area contributed by atoms with E-state index in [9.17, 15) is 5.11 Å². The Labute approximate surface area is 119 Å². The maximum absolute atomic E-state index is 11.1. The molecule has 2 rings (SSSR count). The second kappa shape index (κ2) is 6.13. The van der Waals surface area contributed by atoms with E-state index >= 15 is 0 Å². The average molecular weight is 267 g/mol. The highest BCUT2D eigenvalue weighted by molar-refractivity contribution is 4.94. The van der Waals surface area contributed by atoms with Crippen molar-refractivity contribution in [3.8, 4) is 0 Å². The summed E-state index contributed by atoms with van der Waals surface area (Å²) >= 11 is 0. The lowest BCUT2D eigenvalue weighted by Crippen LogP contribution is -2.51. The maximum atomic E-state index is 11.1. The first-order chi connectivity index (χ1) is 8.89. The number of likely N-dealkylation sites (tertiary alicyclic amines) is 1. The van der Waals surface area contributed by atoms with Gasteiger partial charge in [0.05, 0.1) is 5.60 Å². The molecule has 2 nitrogen and oxygen atoms in total. The van der Waals surface area contributed by atoms with Gasteiger partial charge in [0.1, 0.15) is 0 Å². The first-order valence-electron chi connectivity index (χ1n) is 8.34. The van der Waals surface area contributed by atoms with Crippen LogP contribution in [0.5, 0.6) is 0 Å². The second-order valence-electron chi connectivity index (χ2n) is 7.91. The van der Waals surface area contributed by atoms with E-state index in [4.69, 9.17) is 0 Å². The van der Waals surface area contributed by atoms with Crippen LogP contribution in [0.3, 0.4) is 0 Å². The van der Waals surface area contributed by atoms with Gasteiger partial charge in [0.2, 0.25) is 0 Å². The molecule has 1 N–H and O–H groups in total. The third-order valence-electron chi connectivity index (χ3n) is 5.28. The van der Waals surface area contributed by atoms with E-state index < -0.39 is 0 Å². The van der Waals surface area contributed by atoms with Crippen LogP contribution < -0.4 is 0 Å². The van der Waals surface area contributed by atoms with Gasteiger partial charge in [0.25, 0.3) is 0 Å². The van der Waals surface area contributed by atoms with Crippen LogP contribution in [0.2, 0.25) is 0 Å². The number of aliphatic hydroxyl groups is 1. The predicted octanol–water partition coefficient (Wildman–Crippen LogP) is 3.54. The first kappa shape index (κ1) is 15.3. The molecule has 2 heteroatoms. The van der Waals surface area contributed by atoms with Crippen molar-refractivity contribution in [2.75, 3.05) is 19.6 Å². The smallest absolute Gasteiger partial charge is 0.0700 e. The summed E-state index contributed by atoms with van der Waals surface area (Å²) in [5.41, 5.74) is -0.365. The molecule has 19 heavy (non-hydrogen) atoms. The molecule has 0 aromatic carbocycles. The van der Waals surface area contributed by atoms with Crippen LogP contribution in [0, 0.1) is 23.7 Å². The van der Waals surface area contributed by atoms with Gasteiger partial charge < -0.3 is 10.0 Å². The van der Waals surface area contributed by atoms with Crippen molar-refractivity contribution in [2.45, 2.75) is 65.4 Å². The van der Waals surface area contributed by atoms with Gasteiger partial charge in [-0.1, -0.05) is 27.7 Å². The molecular weight excluding hydrogens is 234 g/mol. The molecule has 1 aliphatic carbocycles. The van der Waals surface area contributed by atoms with Gasteiger partial charge in [0.15, 0.2) is 0 Å². The van der Waals surface area contributed by atoms with Crippen LogP contribution in [-0.2, 0) is 0 Å². The van der Waals surface area contributed by atoms with Crippen molar-refractivity contribution in [1.29, 1.82) is 0 Å². The third kappa shape index (κ3) is 3.95. The fourth-order valence-electron chi connectivity index (χ4n) is 4.43. The van der Waals surface area contributed by atoms with Crippen LogP contribution in [0.4, 0.5) is 0 Å². The molecule has 112 valence electrons. The summed E-state index contributed by atoms with van der Waals surface area (Å²) in [5, 5.41) is 11.1. The Kier molecular flexibility index (Phi) is 4.94. The van der Waals surface area contributed by atoms with Gasteiger partial charge >= 0.3 is 0 Å². The zero-order valence-electron chi connectivity index (χ0n) is 13.4. The first-order valence-corrected chi connectivity index (χ1v) is 8.34. The van der Waals surface area contributed by atoms with Gasteiger partial charge in [-0.25, -0.2) is 0 Å². The molecular formula is C17H33NO. The molecule has 1 saturated carbocycles. The van der Waals surface area contributed by atoms with E-state index in [0.717, 1.165) is 43.7 Å². The number of rotatable bonds is 3. The topological polar surface area (TPSA) is 23.5 Å². The highest BCUT2D eigenvalue weighted by Gasteiger charge is 2.42. The zero-order valence-corrected chi connectivity index (χ0v) is 13.4. The number of piperidine rings is 1. The fraction of sp³-hybridized carbons (Fsp3) is 1.00. The van der Waals surface area contributed by atoms with Gasteiger partial charge in [-0.3, -0.25) is 0 Å². The number of hydrogen-bond donors (Lipinski definition) is 1. The molecule has 1 heterocycles. The Balaban J connectivity index is 1.90. The summed E-state index contributed by atoms with van der Waals surface area (Å²) in [6.45, 7) is 12.7. The summed E-state index contributed by atoms with van der Waals surface area (Å²) < 4.78 is 0. The highest BCUT2D eigenvalue weighted by atomic mass is 16.3. The summed E-state index contributed by atoms with van der Waals surface area (Å²) in [4.78, 5) is 2.54.